The Morgan fingerprint density at radius 1 is 0.387 bits per heavy atom. The van der Waals surface area contributed by atoms with Crippen molar-refractivity contribution >= 4 is 54.7 Å². The van der Waals surface area contributed by atoms with Gasteiger partial charge in [-0.1, -0.05) is 182 Å². The van der Waals surface area contributed by atoms with Crippen LogP contribution in [0.5, 0.6) is 0 Å². The highest BCUT2D eigenvalue weighted by Crippen LogP contribution is 2.59. The van der Waals surface area contributed by atoms with E-state index in [0.717, 1.165) is 17.1 Å². The molecule has 0 amide bonds. The molecule has 2 atom stereocenters. The Kier molecular flexibility index (Phi) is 7.65. The summed E-state index contributed by atoms with van der Waals surface area (Å²) in [7, 11) is 0. The van der Waals surface area contributed by atoms with Crippen LogP contribution in [0, 0.1) is 0 Å². The zero-order chi connectivity index (χ0) is 40.8. The van der Waals surface area contributed by atoms with Gasteiger partial charge < -0.3 is 15.2 Å². The standard InChI is InChI=1S/C59H41N3/c1-4-19-40(20-5-1)57-58(61-52-30-15-14-29-51(52)60-57)41-21-16-26-44(35-41)62-53-34-32-39-18-11-13-28-46(39)56(53)48-36-47-50(37-54(48)62)59(42-22-6-2-7-23-42,43-24-8-3-9-25-43)49-33-31-38-17-10-12-27-45(38)55(47)49/h1-37,57-58,60-61H. The smallest absolute Gasteiger partial charge is 0.0758 e. The first-order valence-corrected chi connectivity index (χ1v) is 21.7. The second-order valence-electron chi connectivity index (χ2n) is 16.9. The maximum Gasteiger partial charge on any atom is 0.0758 e. The van der Waals surface area contributed by atoms with E-state index in [1.165, 1.54) is 87.9 Å². The van der Waals surface area contributed by atoms with Crippen molar-refractivity contribution in [3.63, 3.8) is 0 Å². The van der Waals surface area contributed by atoms with Crippen molar-refractivity contribution in [2.24, 2.45) is 0 Å². The Balaban J connectivity index is 1.13. The highest BCUT2D eigenvalue weighted by atomic mass is 15.1. The summed E-state index contributed by atoms with van der Waals surface area (Å²) in [4.78, 5) is 0. The van der Waals surface area contributed by atoms with Gasteiger partial charge >= 0.3 is 0 Å². The third-order valence-corrected chi connectivity index (χ3v) is 13.7. The van der Waals surface area contributed by atoms with Crippen molar-refractivity contribution in [1.82, 2.24) is 4.57 Å². The first kappa shape index (κ1) is 34.9. The summed E-state index contributed by atoms with van der Waals surface area (Å²) in [6.45, 7) is 0. The van der Waals surface area contributed by atoms with E-state index in [1.54, 1.807) is 0 Å². The molecule has 0 spiro atoms. The van der Waals surface area contributed by atoms with Crippen molar-refractivity contribution in [3.05, 3.63) is 258 Å². The van der Waals surface area contributed by atoms with Gasteiger partial charge in [-0.15, -0.1) is 0 Å². The minimum absolute atomic E-state index is 0.0167. The largest absolute Gasteiger partial charge is 0.374 e. The van der Waals surface area contributed by atoms with Gasteiger partial charge in [0.25, 0.3) is 0 Å². The van der Waals surface area contributed by atoms with Gasteiger partial charge in [-0.05, 0) is 109 Å². The van der Waals surface area contributed by atoms with E-state index in [0.29, 0.717) is 0 Å². The first-order valence-electron chi connectivity index (χ1n) is 21.7. The summed E-state index contributed by atoms with van der Waals surface area (Å²) in [5.41, 5.74) is 15.4. The summed E-state index contributed by atoms with van der Waals surface area (Å²) >= 11 is 0. The van der Waals surface area contributed by atoms with Gasteiger partial charge in [0.05, 0.1) is 39.9 Å². The van der Waals surface area contributed by atoms with Gasteiger partial charge in [-0.2, -0.15) is 0 Å². The maximum atomic E-state index is 3.97. The highest BCUT2D eigenvalue weighted by molar-refractivity contribution is 6.23. The molecule has 0 radical (unpaired) electrons. The Hall–Kier alpha value is -7.88. The summed E-state index contributed by atoms with van der Waals surface area (Å²) < 4.78 is 2.53. The van der Waals surface area contributed by atoms with E-state index in [9.17, 15) is 0 Å². The van der Waals surface area contributed by atoms with E-state index in [2.05, 4.69) is 240 Å². The van der Waals surface area contributed by atoms with Crippen LogP contribution in [-0.2, 0) is 5.41 Å². The van der Waals surface area contributed by atoms with Crippen LogP contribution in [-0.4, -0.2) is 4.57 Å². The topological polar surface area (TPSA) is 29.0 Å². The Bertz CT molecular complexity index is 3490. The van der Waals surface area contributed by atoms with E-state index >= 15 is 0 Å². The number of nitrogens with one attached hydrogen (secondary N) is 2. The summed E-state index contributed by atoms with van der Waals surface area (Å²) in [5.74, 6) is 0. The summed E-state index contributed by atoms with van der Waals surface area (Å²) in [5, 5.41) is 15.4. The van der Waals surface area contributed by atoms with Gasteiger partial charge in [0.1, 0.15) is 0 Å². The average Bonchev–Trinajstić information content (AvgIpc) is 3.84. The predicted octanol–water partition coefficient (Wildman–Crippen LogP) is 14.8. The van der Waals surface area contributed by atoms with Crippen LogP contribution in [0.2, 0.25) is 0 Å². The molecular weight excluding hydrogens is 751 g/mol. The van der Waals surface area contributed by atoms with E-state index < -0.39 is 5.41 Å². The maximum absolute atomic E-state index is 3.97. The highest BCUT2D eigenvalue weighted by Gasteiger charge is 2.47. The second-order valence-corrected chi connectivity index (χ2v) is 16.9. The number of fused-ring (bicyclic) bond motifs is 11. The molecule has 3 heteroatoms. The van der Waals surface area contributed by atoms with Crippen LogP contribution in [0.25, 0.3) is 60.2 Å². The predicted molar refractivity (Wildman–Crippen MR) is 259 cm³/mol. The molecule has 1 aromatic heterocycles. The number of anilines is 2. The number of para-hydroxylation sites is 2. The Morgan fingerprint density at radius 3 is 1.66 bits per heavy atom. The molecule has 2 N–H and O–H groups in total. The van der Waals surface area contributed by atoms with Crippen LogP contribution < -0.4 is 10.6 Å². The van der Waals surface area contributed by atoms with Crippen molar-refractivity contribution in [2.75, 3.05) is 10.6 Å². The quantitative estimate of drug-likeness (QED) is 0.182. The Morgan fingerprint density at radius 2 is 0.952 bits per heavy atom. The fraction of sp³-hybridized carbons (Fsp3) is 0.0508. The number of aromatic nitrogens is 1. The molecule has 10 aromatic carbocycles. The van der Waals surface area contributed by atoms with Gasteiger partial charge in [-0.3, -0.25) is 0 Å². The Labute approximate surface area is 360 Å². The van der Waals surface area contributed by atoms with Crippen molar-refractivity contribution in [1.29, 1.82) is 0 Å². The molecule has 0 bridgehead atoms. The fourth-order valence-corrected chi connectivity index (χ4v) is 11.1. The molecule has 0 saturated heterocycles. The van der Waals surface area contributed by atoms with E-state index in [-0.39, 0.29) is 12.1 Å². The third kappa shape index (κ3) is 5.00. The molecule has 13 rings (SSSR count). The van der Waals surface area contributed by atoms with Crippen LogP contribution in [0.15, 0.2) is 224 Å². The molecule has 1 aliphatic carbocycles. The molecule has 1 aliphatic heterocycles. The molecule has 2 unspecified atom stereocenters. The normalized spacial score (nSPS) is 16.1. The molecule has 0 fully saturated rings. The van der Waals surface area contributed by atoms with Crippen LogP contribution in [0.4, 0.5) is 11.4 Å². The van der Waals surface area contributed by atoms with Gasteiger partial charge in [0.2, 0.25) is 0 Å². The lowest BCUT2D eigenvalue weighted by molar-refractivity contribution is 0.636. The lowest BCUT2D eigenvalue weighted by atomic mass is 9.67. The van der Waals surface area contributed by atoms with Crippen molar-refractivity contribution in [2.45, 2.75) is 17.5 Å². The van der Waals surface area contributed by atoms with Gasteiger partial charge in [0.15, 0.2) is 0 Å². The zero-order valence-electron chi connectivity index (χ0n) is 34.0. The lowest BCUT2D eigenvalue weighted by Gasteiger charge is -2.37. The number of benzene rings is 10. The molecular formula is C59H41N3. The molecule has 3 nitrogen and oxygen atoms in total. The van der Waals surface area contributed by atoms with E-state index in [1.807, 2.05) is 0 Å². The van der Waals surface area contributed by atoms with Crippen molar-refractivity contribution < 1.29 is 0 Å². The molecule has 2 heterocycles. The minimum Gasteiger partial charge on any atom is -0.374 e. The molecule has 11 aromatic rings. The SMILES string of the molecule is c1ccc(C2Nc3ccccc3NC2c2cccc(-n3c4cc5c(cc4c4c6ccccc6ccc43)-c3c(ccc4ccccc34)C5(c3ccccc3)c3ccccc3)c2)cc1. The molecule has 292 valence electrons. The van der Waals surface area contributed by atoms with Gasteiger partial charge in [-0.25, -0.2) is 0 Å². The van der Waals surface area contributed by atoms with E-state index in [4.69, 9.17) is 0 Å². The molecule has 0 saturated carbocycles. The minimum atomic E-state index is -0.551. The second kappa shape index (κ2) is 13.6. The number of hydrogen-bond donors (Lipinski definition) is 2. The van der Waals surface area contributed by atoms with Crippen LogP contribution >= 0.6 is 0 Å². The number of nitrogens with zero attached hydrogens (tertiary/aromatic N) is 1. The van der Waals surface area contributed by atoms with Gasteiger partial charge in [0, 0.05) is 16.5 Å². The average molecular weight is 792 g/mol. The fourth-order valence-electron chi connectivity index (χ4n) is 11.1. The van der Waals surface area contributed by atoms with Crippen molar-refractivity contribution in [3.8, 4) is 16.8 Å². The monoisotopic (exact) mass is 791 g/mol. The van der Waals surface area contributed by atoms with Crippen LogP contribution in [0.1, 0.15) is 45.5 Å². The van der Waals surface area contributed by atoms with Crippen LogP contribution in [0.3, 0.4) is 0 Å². The zero-order valence-corrected chi connectivity index (χ0v) is 34.0. The lowest BCUT2D eigenvalue weighted by Crippen LogP contribution is -2.30. The summed E-state index contributed by atoms with van der Waals surface area (Å²) in [6.07, 6.45) is 0. The molecule has 62 heavy (non-hydrogen) atoms. The molecule has 2 aliphatic rings. The first-order chi connectivity index (χ1) is 30.8. The number of hydrogen-bond acceptors (Lipinski definition) is 2. The third-order valence-electron chi connectivity index (χ3n) is 13.7. The number of rotatable bonds is 5. The summed E-state index contributed by atoms with van der Waals surface area (Å²) in [6, 6.07) is 83.2.